The first-order valence-corrected chi connectivity index (χ1v) is 7.35. The minimum absolute atomic E-state index is 0.383. The van der Waals surface area contributed by atoms with E-state index in [4.69, 9.17) is 0 Å². The molecule has 4 heteroatoms. The van der Waals surface area contributed by atoms with Crippen molar-refractivity contribution in [2.24, 2.45) is 0 Å². The number of hydrogen-bond donors (Lipinski definition) is 1. The Hall–Kier alpha value is -2.46. The van der Waals surface area contributed by atoms with Crippen LogP contribution in [0.4, 0.5) is 0 Å². The number of rotatable bonds is 4. The summed E-state index contributed by atoms with van der Waals surface area (Å²) < 4.78 is 1.79. The molecule has 0 spiro atoms. The molecule has 0 fully saturated rings. The van der Waals surface area contributed by atoms with Gasteiger partial charge in [0.25, 0.3) is 0 Å². The maximum atomic E-state index is 10.4. The molecule has 0 saturated heterocycles. The summed E-state index contributed by atoms with van der Waals surface area (Å²) in [5, 5.41) is 14.9. The third-order valence-corrected chi connectivity index (χ3v) is 3.69. The molecule has 0 aliphatic rings. The highest BCUT2D eigenvalue weighted by atomic mass is 16.3. The fourth-order valence-electron chi connectivity index (χ4n) is 2.55. The van der Waals surface area contributed by atoms with Crippen molar-refractivity contribution in [3.05, 3.63) is 71.5 Å². The van der Waals surface area contributed by atoms with Crippen LogP contribution >= 0.6 is 0 Å². The molecule has 0 bridgehead atoms. The number of nitrogens with zero attached hydrogens (tertiary/aromatic N) is 3. The molecule has 3 rings (SSSR count). The molecule has 112 valence electrons. The summed E-state index contributed by atoms with van der Waals surface area (Å²) in [6.45, 7) is 4.30. The SMILES string of the molecule is Cc1nc(-c2ccccc2C)n(C[C@@H](O)c2ccccc2)n1. The van der Waals surface area contributed by atoms with Gasteiger partial charge < -0.3 is 5.11 Å². The summed E-state index contributed by atoms with van der Waals surface area (Å²) in [6.07, 6.45) is -0.606. The number of aliphatic hydroxyl groups is 1. The van der Waals surface area contributed by atoms with E-state index in [9.17, 15) is 5.11 Å². The third-order valence-electron chi connectivity index (χ3n) is 3.69. The Morgan fingerprint density at radius 1 is 1.00 bits per heavy atom. The lowest BCUT2D eigenvalue weighted by Crippen LogP contribution is -2.11. The molecule has 0 aliphatic carbocycles. The second-order valence-electron chi connectivity index (χ2n) is 5.41. The Morgan fingerprint density at radius 3 is 2.41 bits per heavy atom. The van der Waals surface area contributed by atoms with E-state index < -0.39 is 6.10 Å². The van der Waals surface area contributed by atoms with Gasteiger partial charge in [-0.15, -0.1) is 0 Å². The van der Waals surface area contributed by atoms with Gasteiger partial charge in [0, 0.05) is 5.56 Å². The second kappa shape index (κ2) is 6.12. The average Bonchev–Trinajstić information content (AvgIpc) is 2.89. The first-order valence-electron chi connectivity index (χ1n) is 7.35. The lowest BCUT2D eigenvalue weighted by atomic mass is 10.1. The van der Waals surface area contributed by atoms with Crippen LogP contribution in [0.25, 0.3) is 11.4 Å². The molecular formula is C18H19N3O. The monoisotopic (exact) mass is 293 g/mol. The minimum atomic E-state index is -0.606. The fourth-order valence-corrected chi connectivity index (χ4v) is 2.55. The van der Waals surface area contributed by atoms with E-state index in [2.05, 4.69) is 23.1 Å². The number of hydrogen-bond acceptors (Lipinski definition) is 3. The molecule has 2 aromatic carbocycles. The molecule has 22 heavy (non-hydrogen) atoms. The lowest BCUT2D eigenvalue weighted by Gasteiger charge is -2.13. The van der Waals surface area contributed by atoms with Gasteiger partial charge in [0.05, 0.1) is 12.6 Å². The third kappa shape index (κ3) is 2.92. The summed E-state index contributed by atoms with van der Waals surface area (Å²) in [6, 6.07) is 17.7. The molecular weight excluding hydrogens is 274 g/mol. The zero-order valence-corrected chi connectivity index (χ0v) is 12.8. The number of aliphatic hydroxyl groups excluding tert-OH is 1. The van der Waals surface area contributed by atoms with E-state index in [1.807, 2.05) is 55.5 Å². The van der Waals surface area contributed by atoms with Gasteiger partial charge >= 0.3 is 0 Å². The van der Waals surface area contributed by atoms with Crippen LogP contribution in [0.2, 0.25) is 0 Å². The van der Waals surface area contributed by atoms with E-state index in [1.54, 1.807) is 4.68 Å². The zero-order valence-electron chi connectivity index (χ0n) is 12.8. The molecule has 1 aromatic heterocycles. The van der Waals surface area contributed by atoms with Crippen LogP contribution in [0, 0.1) is 13.8 Å². The van der Waals surface area contributed by atoms with Crippen molar-refractivity contribution in [1.82, 2.24) is 14.8 Å². The van der Waals surface area contributed by atoms with Crippen LogP contribution in [-0.2, 0) is 6.54 Å². The minimum Gasteiger partial charge on any atom is -0.386 e. The van der Waals surface area contributed by atoms with Crippen LogP contribution in [0.5, 0.6) is 0 Å². The van der Waals surface area contributed by atoms with Crippen LogP contribution < -0.4 is 0 Å². The van der Waals surface area contributed by atoms with Crippen molar-refractivity contribution in [3.63, 3.8) is 0 Å². The van der Waals surface area contributed by atoms with Crippen molar-refractivity contribution in [3.8, 4) is 11.4 Å². The van der Waals surface area contributed by atoms with E-state index >= 15 is 0 Å². The Labute approximate surface area is 130 Å². The predicted molar refractivity (Wildman–Crippen MR) is 86.3 cm³/mol. The molecule has 3 aromatic rings. The summed E-state index contributed by atoms with van der Waals surface area (Å²) in [5.41, 5.74) is 3.07. The summed E-state index contributed by atoms with van der Waals surface area (Å²) in [7, 11) is 0. The first-order chi connectivity index (χ1) is 10.6. The van der Waals surface area contributed by atoms with Crippen molar-refractivity contribution in [1.29, 1.82) is 0 Å². The highest BCUT2D eigenvalue weighted by Gasteiger charge is 2.15. The molecule has 0 unspecified atom stereocenters. The van der Waals surface area contributed by atoms with Gasteiger partial charge in [0.15, 0.2) is 5.82 Å². The maximum Gasteiger partial charge on any atom is 0.158 e. The molecule has 0 aliphatic heterocycles. The van der Waals surface area contributed by atoms with Crippen molar-refractivity contribution in [2.45, 2.75) is 26.5 Å². The summed E-state index contributed by atoms with van der Waals surface area (Å²) in [4.78, 5) is 4.53. The van der Waals surface area contributed by atoms with Crippen molar-refractivity contribution < 1.29 is 5.11 Å². The van der Waals surface area contributed by atoms with Gasteiger partial charge in [0.2, 0.25) is 0 Å². The summed E-state index contributed by atoms with van der Waals surface area (Å²) >= 11 is 0. The van der Waals surface area contributed by atoms with Crippen molar-refractivity contribution >= 4 is 0 Å². The van der Waals surface area contributed by atoms with Gasteiger partial charge in [-0.2, -0.15) is 5.10 Å². The van der Waals surface area contributed by atoms with E-state index in [-0.39, 0.29) is 0 Å². The lowest BCUT2D eigenvalue weighted by molar-refractivity contribution is 0.152. The van der Waals surface area contributed by atoms with Gasteiger partial charge in [-0.1, -0.05) is 54.6 Å². The van der Waals surface area contributed by atoms with Crippen LogP contribution in [0.15, 0.2) is 54.6 Å². The molecule has 0 radical (unpaired) electrons. The fraction of sp³-hybridized carbons (Fsp3) is 0.222. The van der Waals surface area contributed by atoms with Crippen LogP contribution in [-0.4, -0.2) is 19.9 Å². The molecule has 1 atom stereocenters. The van der Waals surface area contributed by atoms with Gasteiger partial charge in [-0.3, -0.25) is 0 Å². The van der Waals surface area contributed by atoms with E-state index in [1.165, 1.54) is 0 Å². The molecule has 0 amide bonds. The number of aryl methyl sites for hydroxylation is 2. The van der Waals surface area contributed by atoms with Gasteiger partial charge in [0.1, 0.15) is 5.82 Å². The van der Waals surface area contributed by atoms with Gasteiger partial charge in [-0.05, 0) is 25.0 Å². The standard InChI is InChI=1S/C18H19N3O/c1-13-8-6-7-11-16(13)18-19-14(2)20-21(18)12-17(22)15-9-4-3-5-10-15/h3-11,17,22H,12H2,1-2H3/t17-/m1/s1. The smallest absolute Gasteiger partial charge is 0.158 e. The molecule has 0 saturated carbocycles. The Balaban J connectivity index is 1.94. The Morgan fingerprint density at radius 2 is 1.68 bits per heavy atom. The Bertz CT molecular complexity index is 765. The van der Waals surface area contributed by atoms with E-state index in [0.29, 0.717) is 12.4 Å². The molecule has 4 nitrogen and oxygen atoms in total. The first kappa shape index (κ1) is 14.5. The summed E-state index contributed by atoms with van der Waals surface area (Å²) in [5.74, 6) is 1.50. The van der Waals surface area contributed by atoms with Crippen molar-refractivity contribution in [2.75, 3.05) is 0 Å². The number of aromatic nitrogens is 3. The average molecular weight is 293 g/mol. The quantitative estimate of drug-likeness (QED) is 0.803. The molecule has 1 heterocycles. The zero-order chi connectivity index (χ0) is 15.5. The Kier molecular flexibility index (Phi) is 4.02. The van der Waals surface area contributed by atoms with Crippen LogP contribution in [0.1, 0.15) is 23.1 Å². The van der Waals surface area contributed by atoms with Crippen LogP contribution in [0.3, 0.4) is 0 Å². The number of benzene rings is 2. The normalized spacial score (nSPS) is 12.3. The van der Waals surface area contributed by atoms with E-state index in [0.717, 1.165) is 22.5 Å². The maximum absolute atomic E-state index is 10.4. The highest BCUT2D eigenvalue weighted by Crippen LogP contribution is 2.23. The second-order valence-corrected chi connectivity index (χ2v) is 5.41. The molecule has 1 N–H and O–H groups in total. The highest BCUT2D eigenvalue weighted by molar-refractivity contribution is 5.60. The predicted octanol–water partition coefficient (Wildman–Crippen LogP) is 3.30. The topological polar surface area (TPSA) is 50.9 Å². The van der Waals surface area contributed by atoms with Gasteiger partial charge in [-0.25, -0.2) is 9.67 Å². The largest absolute Gasteiger partial charge is 0.386 e.